The van der Waals surface area contributed by atoms with Crippen molar-refractivity contribution in [2.45, 2.75) is 77.0 Å². The average Bonchev–Trinajstić information content (AvgIpc) is 2.53. The van der Waals surface area contributed by atoms with E-state index in [1.165, 1.54) is 75.5 Å². The molecule has 1 nitrogen and oxygen atoms in total. The minimum Gasteiger partial charge on any atom is -0.385 e. The first-order valence-electron chi connectivity index (χ1n) is 8.75. The monoisotopic (exact) mass is 309 g/mol. The second-order valence-electron chi connectivity index (χ2n) is 5.94. The van der Waals surface area contributed by atoms with Gasteiger partial charge in [0, 0.05) is 18.1 Å². The maximum atomic E-state index is 5.84. The molecule has 0 saturated heterocycles. The van der Waals surface area contributed by atoms with Gasteiger partial charge in [-0.3, -0.25) is 0 Å². The van der Waals surface area contributed by atoms with Gasteiger partial charge in [-0.05, 0) is 24.1 Å². The maximum absolute atomic E-state index is 5.84. The number of hydrogen-bond donors (Lipinski definition) is 1. The van der Waals surface area contributed by atoms with Crippen LogP contribution in [0.1, 0.15) is 76.7 Å². The summed E-state index contributed by atoms with van der Waals surface area (Å²) in [6.07, 6.45) is 13.9. The van der Waals surface area contributed by atoms with Crippen LogP contribution in [0, 0.1) is 0 Å². The fourth-order valence-corrected chi connectivity index (χ4v) is 2.78. The van der Waals surface area contributed by atoms with Crippen LogP contribution in [0.2, 0.25) is 0 Å². The number of rotatable bonds is 13. The Bertz CT molecular complexity index is 351. The maximum Gasteiger partial charge on any atom is 0.0474 e. The van der Waals surface area contributed by atoms with Crippen LogP contribution in [0.25, 0.3) is 0 Å². The van der Waals surface area contributed by atoms with E-state index in [4.69, 9.17) is 11.6 Å². The summed E-state index contributed by atoms with van der Waals surface area (Å²) in [7, 11) is 0. The van der Waals surface area contributed by atoms with Crippen LogP contribution in [-0.2, 0) is 5.88 Å². The lowest BCUT2D eigenvalue weighted by molar-refractivity contribution is 0.560. The molecule has 1 aromatic carbocycles. The number of benzene rings is 1. The van der Waals surface area contributed by atoms with Gasteiger partial charge in [0.15, 0.2) is 0 Å². The van der Waals surface area contributed by atoms with Crippen molar-refractivity contribution in [3.05, 3.63) is 29.8 Å². The van der Waals surface area contributed by atoms with Gasteiger partial charge >= 0.3 is 0 Å². The van der Waals surface area contributed by atoms with Gasteiger partial charge in [0.1, 0.15) is 0 Å². The smallest absolute Gasteiger partial charge is 0.0474 e. The molecule has 0 spiro atoms. The summed E-state index contributed by atoms with van der Waals surface area (Å²) in [5, 5.41) is 3.49. The minimum atomic E-state index is 0.591. The van der Waals surface area contributed by atoms with Crippen LogP contribution in [0.4, 0.5) is 5.69 Å². The number of unbranched alkanes of at least 4 members (excludes halogenated alkanes) is 9. The molecule has 1 rings (SSSR count). The highest BCUT2D eigenvalue weighted by Crippen LogP contribution is 2.13. The highest BCUT2D eigenvalue weighted by atomic mass is 35.5. The summed E-state index contributed by atoms with van der Waals surface area (Å²) in [5.41, 5.74) is 2.38. The summed E-state index contributed by atoms with van der Waals surface area (Å²) in [6, 6.07) is 8.40. The SMILES string of the molecule is CCCCCCCCCCCCNc1cccc(CCl)c1. The summed E-state index contributed by atoms with van der Waals surface area (Å²) in [6.45, 7) is 3.35. The standard InChI is InChI=1S/C19H32ClN/c1-2-3-4-5-6-7-8-9-10-11-15-21-19-14-12-13-18(16-19)17-20/h12-14,16,21H,2-11,15,17H2,1H3. The molecule has 0 radical (unpaired) electrons. The molecule has 0 saturated carbocycles. The second kappa shape index (κ2) is 13.0. The summed E-state index contributed by atoms with van der Waals surface area (Å²) >= 11 is 5.84. The van der Waals surface area contributed by atoms with Crippen LogP contribution in [0.15, 0.2) is 24.3 Å². The third kappa shape index (κ3) is 9.79. The molecule has 120 valence electrons. The van der Waals surface area contributed by atoms with E-state index in [0.717, 1.165) is 6.54 Å². The van der Waals surface area contributed by atoms with E-state index in [1.807, 2.05) is 0 Å². The molecule has 0 bridgehead atoms. The predicted octanol–water partition coefficient (Wildman–Crippen LogP) is 6.76. The molecule has 21 heavy (non-hydrogen) atoms. The lowest BCUT2D eigenvalue weighted by atomic mass is 10.1. The van der Waals surface area contributed by atoms with E-state index in [0.29, 0.717) is 5.88 Å². The van der Waals surface area contributed by atoms with Crippen LogP contribution in [0.5, 0.6) is 0 Å². The van der Waals surface area contributed by atoms with Gasteiger partial charge in [0.2, 0.25) is 0 Å². The Morgan fingerprint density at radius 2 is 1.48 bits per heavy atom. The molecule has 0 aliphatic carbocycles. The molecule has 0 fully saturated rings. The Labute approximate surface area is 136 Å². The molecule has 0 amide bonds. The average molecular weight is 310 g/mol. The Morgan fingerprint density at radius 3 is 2.10 bits per heavy atom. The van der Waals surface area contributed by atoms with Crippen molar-refractivity contribution in [2.24, 2.45) is 0 Å². The largest absolute Gasteiger partial charge is 0.385 e. The number of alkyl halides is 1. The van der Waals surface area contributed by atoms with Crippen LogP contribution in [0.3, 0.4) is 0 Å². The molecule has 1 aromatic rings. The predicted molar refractivity (Wildman–Crippen MR) is 96.3 cm³/mol. The Balaban J connectivity index is 1.90. The fraction of sp³-hybridized carbons (Fsp3) is 0.684. The second-order valence-corrected chi connectivity index (χ2v) is 6.21. The summed E-state index contributed by atoms with van der Waals surface area (Å²) < 4.78 is 0. The molecular formula is C19H32ClN. The molecule has 0 aliphatic heterocycles. The quantitative estimate of drug-likeness (QED) is 0.313. The third-order valence-corrected chi connectivity index (χ3v) is 4.25. The number of halogens is 1. The zero-order valence-electron chi connectivity index (χ0n) is 13.7. The van der Waals surface area contributed by atoms with E-state index in [9.17, 15) is 0 Å². The molecule has 0 heterocycles. The Hall–Kier alpha value is -0.690. The molecular weight excluding hydrogens is 278 g/mol. The van der Waals surface area contributed by atoms with Gasteiger partial charge in [0.05, 0.1) is 0 Å². The molecule has 1 N–H and O–H groups in total. The van der Waals surface area contributed by atoms with E-state index in [-0.39, 0.29) is 0 Å². The topological polar surface area (TPSA) is 12.0 Å². The van der Waals surface area contributed by atoms with Crippen molar-refractivity contribution in [3.8, 4) is 0 Å². The fourth-order valence-electron chi connectivity index (χ4n) is 2.61. The van der Waals surface area contributed by atoms with Gasteiger partial charge in [-0.1, -0.05) is 76.8 Å². The van der Waals surface area contributed by atoms with Crippen molar-refractivity contribution < 1.29 is 0 Å². The first kappa shape index (κ1) is 18.4. The lowest BCUT2D eigenvalue weighted by Crippen LogP contribution is -2.01. The highest BCUT2D eigenvalue weighted by Gasteiger charge is 1.95. The number of hydrogen-bond acceptors (Lipinski definition) is 1. The minimum absolute atomic E-state index is 0.591. The van der Waals surface area contributed by atoms with E-state index >= 15 is 0 Å². The third-order valence-electron chi connectivity index (χ3n) is 3.94. The van der Waals surface area contributed by atoms with E-state index in [1.54, 1.807) is 0 Å². The zero-order chi connectivity index (χ0) is 15.2. The first-order valence-corrected chi connectivity index (χ1v) is 9.29. The molecule has 0 atom stereocenters. The zero-order valence-corrected chi connectivity index (χ0v) is 14.4. The number of anilines is 1. The van der Waals surface area contributed by atoms with Gasteiger partial charge in [0.25, 0.3) is 0 Å². The van der Waals surface area contributed by atoms with Gasteiger partial charge in [-0.2, -0.15) is 0 Å². The van der Waals surface area contributed by atoms with Crippen molar-refractivity contribution in [1.82, 2.24) is 0 Å². The van der Waals surface area contributed by atoms with Crippen molar-refractivity contribution in [2.75, 3.05) is 11.9 Å². The van der Waals surface area contributed by atoms with Gasteiger partial charge in [-0.25, -0.2) is 0 Å². The van der Waals surface area contributed by atoms with Crippen LogP contribution >= 0.6 is 11.6 Å². The van der Waals surface area contributed by atoms with Gasteiger partial charge in [-0.15, -0.1) is 11.6 Å². The van der Waals surface area contributed by atoms with E-state index < -0.39 is 0 Å². The molecule has 0 aromatic heterocycles. The summed E-state index contributed by atoms with van der Waals surface area (Å²) in [5.74, 6) is 0.591. The van der Waals surface area contributed by atoms with Crippen molar-refractivity contribution in [1.29, 1.82) is 0 Å². The van der Waals surface area contributed by atoms with Crippen molar-refractivity contribution >= 4 is 17.3 Å². The van der Waals surface area contributed by atoms with Crippen LogP contribution in [-0.4, -0.2) is 6.54 Å². The van der Waals surface area contributed by atoms with Gasteiger partial charge < -0.3 is 5.32 Å². The van der Waals surface area contributed by atoms with Crippen molar-refractivity contribution in [3.63, 3.8) is 0 Å². The first-order chi connectivity index (χ1) is 10.4. The van der Waals surface area contributed by atoms with E-state index in [2.05, 4.69) is 36.5 Å². The summed E-state index contributed by atoms with van der Waals surface area (Å²) in [4.78, 5) is 0. The normalized spacial score (nSPS) is 10.8. The number of nitrogens with one attached hydrogen (secondary N) is 1. The Kier molecular flexibility index (Phi) is 11.4. The molecule has 0 unspecified atom stereocenters. The highest BCUT2D eigenvalue weighted by molar-refractivity contribution is 6.17. The lowest BCUT2D eigenvalue weighted by Gasteiger charge is -2.07. The van der Waals surface area contributed by atoms with Crippen LogP contribution < -0.4 is 5.32 Å². The molecule has 2 heteroatoms. The Morgan fingerprint density at radius 1 is 0.857 bits per heavy atom. The molecule has 0 aliphatic rings.